The van der Waals surface area contributed by atoms with Crippen LogP contribution in [0.3, 0.4) is 0 Å². The number of hydrogen-bond acceptors (Lipinski definition) is 6. The fourth-order valence-corrected chi connectivity index (χ4v) is 6.50. The lowest BCUT2D eigenvalue weighted by atomic mass is 10.0. The van der Waals surface area contributed by atoms with Gasteiger partial charge in [-0.15, -0.1) is 0 Å². The molecule has 0 heterocycles. The molecule has 3 rings (SSSR count). The number of nitrogens with one attached hydrogen (secondary N) is 1. The number of rotatable bonds is 24. The molecule has 1 N–H and O–H groups in total. The third-order valence-corrected chi connectivity index (χ3v) is 9.72. The van der Waals surface area contributed by atoms with Crippen molar-refractivity contribution in [3.05, 3.63) is 84.4 Å². The van der Waals surface area contributed by atoms with Gasteiger partial charge in [0.2, 0.25) is 5.91 Å². The van der Waals surface area contributed by atoms with Gasteiger partial charge in [0.25, 0.3) is 5.91 Å². The molecular weight excluding hydrogens is 689 g/mol. The third-order valence-electron chi connectivity index (χ3n) is 9.72. The highest BCUT2D eigenvalue weighted by Crippen LogP contribution is 2.24. The summed E-state index contributed by atoms with van der Waals surface area (Å²) in [6.07, 6.45) is 15.3. The van der Waals surface area contributed by atoms with Gasteiger partial charge in [0.05, 0.1) is 6.54 Å². The Kier molecular flexibility index (Phi) is 19.6. The van der Waals surface area contributed by atoms with Gasteiger partial charge in [0.1, 0.15) is 11.4 Å². The fraction of sp³-hybridized carbons (Fsp3) is 0.543. The molecule has 0 aliphatic rings. The summed E-state index contributed by atoms with van der Waals surface area (Å²) in [4.78, 5) is 45.2. The summed E-state index contributed by atoms with van der Waals surface area (Å²) in [5.41, 5.74) is 2.76. The first-order valence-corrected chi connectivity index (χ1v) is 20.5. The first-order chi connectivity index (χ1) is 26.4. The first-order valence-electron chi connectivity index (χ1n) is 20.5. The van der Waals surface area contributed by atoms with Crippen LogP contribution in [0.2, 0.25) is 0 Å². The molecule has 0 fully saturated rings. The minimum Gasteiger partial charge on any atom is -0.484 e. The number of hydrogen-bond donors (Lipinski definition) is 1. The molecule has 1 unspecified atom stereocenters. The lowest BCUT2D eigenvalue weighted by molar-refractivity contribution is -0.120. The van der Waals surface area contributed by atoms with Crippen LogP contribution in [0.4, 0.5) is 21.9 Å². The highest BCUT2D eigenvalue weighted by atomic mass is 16.6. The van der Waals surface area contributed by atoms with Crippen molar-refractivity contribution in [1.29, 1.82) is 0 Å². The lowest BCUT2D eigenvalue weighted by Crippen LogP contribution is -2.48. The van der Waals surface area contributed by atoms with Crippen molar-refractivity contribution < 1.29 is 23.9 Å². The molecule has 0 saturated heterocycles. The van der Waals surface area contributed by atoms with Gasteiger partial charge in [-0.05, 0) is 76.1 Å². The van der Waals surface area contributed by atoms with Gasteiger partial charge in [-0.1, -0.05) is 120 Å². The van der Waals surface area contributed by atoms with Crippen molar-refractivity contribution in [1.82, 2.24) is 5.32 Å². The number of ether oxygens (including phenoxy) is 2. The number of amides is 3. The largest absolute Gasteiger partial charge is 0.484 e. The van der Waals surface area contributed by atoms with Crippen molar-refractivity contribution in [2.45, 2.75) is 130 Å². The lowest BCUT2D eigenvalue weighted by Gasteiger charge is -2.32. The van der Waals surface area contributed by atoms with Gasteiger partial charge >= 0.3 is 6.09 Å². The normalized spacial score (nSPS) is 11.8. The molecule has 3 amide bonds. The smallest absolute Gasteiger partial charge is 0.407 e. The number of alkyl carbamates (subject to hydrolysis) is 1. The number of carbonyl (C=O) groups excluding carboxylic acids is 3. The molecule has 0 radical (unpaired) electrons. The summed E-state index contributed by atoms with van der Waals surface area (Å²) in [6, 6.07) is 24.5. The summed E-state index contributed by atoms with van der Waals surface area (Å²) in [6.45, 7) is 10.1. The molecular formula is C46H68N4O5. The van der Waals surface area contributed by atoms with E-state index in [1.54, 1.807) is 23.9 Å². The standard InChI is InChI=1S/C46H68N4O5/c1-8-9-10-11-12-13-14-15-16-17-18-20-26-38(47-45(53)55-46(3,4)5)34-50(35-43(51)48(6)39-27-21-19-22-28-39)41-30-24-31-42(33-41)54-36-44(52)49(7)40-29-23-25-37(2)32-40/h19,21-25,27-33,38H,8-18,20,26,34-36H2,1-7H3,(H,47,53). The number of benzene rings is 3. The van der Waals surface area contributed by atoms with Gasteiger partial charge in [0, 0.05) is 49.8 Å². The topological polar surface area (TPSA) is 91.4 Å². The van der Waals surface area contributed by atoms with E-state index in [2.05, 4.69) is 12.2 Å². The molecule has 3 aromatic carbocycles. The van der Waals surface area contributed by atoms with Gasteiger partial charge in [-0.3, -0.25) is 9.59 Å². The number of unbranched alkanes of at least 4 members (excludes halogenated alkanes) is 11. The molecule has 0 aromatic heterocycles. The Morgan fingerprint density at radius 3 is 1.85 bits per heavy atom. The van der Waals surface area contributed by atoms with Crippen LogP contribution in [-0.4, -0.2) is 63.3 Å². The Morgan fingerprint density at radius 2 is 1.24 bits per heavy atom. The number of nitrogens with zero attached hydrogens (tertiary/aromatic N) is 3. The molecule has 302 valence electrons. The van der Waals surface area contributed by atoms with Crippen molar-refractivity contribution in [2.24, 2.45) is 0 Å². The predicted molar refractivity (Wildman–Crippen MR) is 227 cm³/mol. The van der Waals surface area contributed by atoms with E-state index in [-0.39, 0.29) is 31.0 Å². The third kappa shape index (κ3) is 17.7. The van der Waals surface area contributed by atoms with Crippen molar-refractivity contribution in [2.75, 3.05) is 48.5 Å². The van der Waals surface area contributed by atoms with Crippen LogP contribution in [-0.2, 0) is 14.3 Å². The first kappa shape index (κ1) is 44.9. The number of anilines is 3. The van der Waals surface area contributed by atoms with Crippen LogP contribution < -0.4 is 24.8 Å². The summed E-state index contributed by atoms with van der Waals surface area (Å²) in [5, 5.41) is 3.13. The molecule has 0 spiro atoms. The molecule has 0 aliphatic carbocycles. The number of para-hydroxylation sites is 1. The van der Waals surface area contributed by atoms with Crippen LogP contribution in [0.5, 0.6) is 5.75 Å². The van der Waals surface area contributed by atoms with Gasteiger partial charge in [-0.25, -0.2) is 4.79 Å². The average molecular weight is 757 g/mol. The maximum absolute atomic E-state index is 13.8. The van der Waals surface area contributed by atoms with Crippen molar-refractivity contribution in [3.8, 4) is 5.75 Å². The van der Waals surface area contributed by atoms with E-state index in [0.717, 1.165) is 48.3 Å². The van der Waals surface area contributed by atoms with E-state index < -0.39 is 11.7 Å². The zero-order valence-electron chi connectivity index (χ0n) is 34.8. The average Bonchev–Trinajstić information content (AvgIpc) is 3.16. The van der Waals surface area contributed by atoms with Crippen molar-refractivity contribution in [3.63, 3.8) is 0 Å². The van der Waals surface area contributed by atoms with Crippen molar-refractivity contribution >= 4 is 35.0 Å². The SMILES string of the molecule is CCCCCCCCCCCCCCC(CN(CC(=O)N(C)c1ccccc1)c1cccc(OCC(=O)N(C)c2cccc(C)c2)c1)NC(=O)OC(C)(C)C. The van der Waals surface area contributed by atoms with Crippen LogP contribution in [0.25, 0.3) is 0 Å². The highest BCUT2D eigenvalue weighted by Gasteiger charge is 2.24. The summed E-state index contributed by atoms with van der Waals surface area (Å²) < 4.78 is 11.7. The van der Waals surface area contributed by atoms with Gasteiger partial charge in [0.15, 0.2) is 6.61 Å². The predicted octanol–water partition coefficient (Wildman–Crippen LogP) is 10.5. The van der Waals surface area contributed by atoms with Crippen LogP contribution in [0.1, 0.15) is 117 Å². The maximum Gasteiger partial charge on any atom is 0.407 e. The zero-order chi connectivity index (χ0) is 40.1. The second kappa shape index (κ2) is 24.1. The summed E-state index contributed by atoms with van der Waals surface area (Å²) in [5.74, 6) is 0.223. The summed E-state index contributed by atoms with van der Waals surface area (Å²) >= 11 is 0. The van der Waals surface area contributed by atoms with Crippen LogP contribution >= 0.6 is 0 Å². The molecule has 3 aromatic rings. The second-order valence-electron chi connectivity index (χ2n) is 15.8. The monoisotopic (exact) mass is 757 g/mol. The van der Waals surface area contributed by atoms with E-state index in [4.69, 9.17) is 9.47 Å². The molecule has 0 saturated carbocycles. The molecule has 9 nitrogen and oxygen atoms in total. The number of carbonyl (C=O) groups is 3. The quantitative estimate of drug-likeness (QED) is 0.0915. The molecule has 1 atom stereocenters. The zero-order valence-corrected chi connectivity index (χ0v) is 34.8. The minimum absolute atomic E-state index is 0.0643. The summed E-state index contributed by atoms with van der Waals surface area (Å²) in [7, 11) is 3.51. The van der Waals surface area contributed by atoms with Gasteiger partial charge in [-0.2, -0.15) is 0 Å². The Hall–Kier alpha value is -4.53. The molecule has 0 aliphatic heterocycles. The Balaban J connectivity index is 1.73. The Labute approximate surface area is 331 Å². The fourth-order valence-electron chi connectivity index (χ4n) is 6.50. The molecule has 9 heteroatoms. The van der Waals surface area contributed by atoms with Crippen LogP contribution in [0, 0.1) is 6.92 Å². The van der Waals surface area contributed by atoms with Gasteiger partial charge < -0.3 is 29.5 Å². The highest BCUT2D eigenvalue weighted by molar-refractivity contribution is 5.96. The number of likely N-dealkylation sites (N-methyl/N-ethyl adjacent to an activating group) is 2. The molecule has 0 bridgehead atoms. The Bertz CT molecular complexity index is 1570. The Morgan fingerprint density at radius 1 is 0.673 bits per heavy atom. The minimum atomic E-state index is -0.644. The van der Waals surface area contributed by atoms with E-state index in [9.17, 15) is 14.4 Å². The molecule has 55 heavy (non-hydrogen) atoms. The van der Waals surface area contributed by atoms with E-state index in [1.165, 1.54) is 57.8 Å². The van der Waals surface area contributed by atoms with E-state index in [0.29, 0.717) is 12.3 Å². The number of aryl methyl sites for hydroxylation is 1. The van der Waals surface area contributed by atoms with E-state index >= 15 is 0 Å². The maximum atomic E-state index is 13.8. The second-order valence-corrected chi connectivity index (χ2v) is 15.8. The van der Waals surface area contributed by atoms with E-state index in [1.807, 2.05) is 111 Å². The van der Waals surface area contributed by atoms with Crippen LogP contribution in [0.15, 0.2) is 78.9 Å².